The van der Waals surface area contributed by atoms with E-state index in [2.05, 4.69) is 22.1 Å². The van der Waals surface area contributed by atoms with Gasteiger partial charge in [-0.3, -0.25) is 9.59 Å². The molecule has 5 heteroatoms. The molecule has 0 radical (unpaired) electrons. The van der Waals surface area contributed by atoms with Gasteiger partial charge in [0.2, 0.25) is 5.91 Å². The second kappa shape index (κ2) is 8.51. The lowest BCUT2D eigenvalue weighted by atomic mass is 9.98. The Bertz CT molecular complexity index is 641. The summed E-state index contributed by atoms with van der Waals surface area (Å²) >= 11 is 0. The number of rotatable bonds is 3. The Morgan fingerprint density at radius 1 is 1.29 bits per heavy atom. The van der Waals surface area contributed by atoms with Crippen LogP contribution in [-0.4, -0.2) is 62.4 Å². The fourth-order valence-corrected chi connectivity index (χ4v) is 2.76. The minimum Gasteiger partial charge on any atom is -0.345 e. The number of hydrogen-bond donors (Lipinski definition) is 1. The number of carbonyl (C=O) groups excluding carboxylic acids is 2. The van der Waals surface area contributed by atoms with Crippen molar-refractivity contribution in [1.82, 2.24) is 15.1 Å². The van der Waals surface area contributed by atoms with Gasteiger partial charge < -0.3 is 15.1 Å². The summed E-state index contributed by atoms with van der Waals surface area (Å²) < 4.78 is 0. The van der Waals surface area contributed by atoms with Gasteiger partial charge in [0, 0.05) is 31.8 Å². The van der Waals surface area contributed by atoms with Gasteiger partial charge in [-0.2, -0.15) is 0 Å². The number of carbonyl (C=O) groups is 2. The molecule has 1 saturated heterocycles. The van der Waals surface area contributed by atoms with Gasteiger partial charge in [0.15, 0.2) is 0 Å². The van der Waals surface area contributed by atoms with Gasteiger partial charge in [-0.05, 0) is 50.7 Å². The van der Waals surface area contributed by atoms with Crippen molar-refractivity contribution in [3.63, 3.8) is 0 Å². The number of benzene rings is 1. The van der Waals surface area contributed by atoms with Crippen molar-refractivity contribution in [2.75, 3.05) is 40.8 Å². The number of nitrogens with one attached hydrogen (secondary N) is 1. The highest BCUT2D eigenvalue weighted by Crippen LogP contribution is 2.14. The number of likely N-dealkylation sites (tertiary alicyclic amines) is 1. The Morgan fingerprint density at radius 3 is 2.62 bits per heavy atom. The summed E-state index contributed by atoms with van der Waals surface area (Å²) in [6.45, 7) is 2.23. The van der Waals surface area contributed by atoms with E-state index in [-0.39, 0.29) is 17.7 Å². The topological polar surface area (TPSA) is 52.7 Å². The van der Waals surface area contributed by atoms with E-state index in [4.69, 9.17) is 0 Å². The molecule has 1 aliphatic rings. The molecule has 0 spiro atoms. The zero-order valence-electron chi connectivity index (χ0n) is 14.6. The first-order valence-corrected chi connectivity index (χ1v) is 8.24. The van der Waals surface area contributed by atoms with Gasteiger partial charge in [-0.1, -0.05) is 11.8 Å². The number of nitrogens with zero attached hydrogens (tertiary/aromatic N) is 2. The molecule has 1 aromatic carbocycles. The second-order valence-corrected chi connectivity index (χ2v) is 6.40. The van der Waals surface area contributed by atoms with Crippen LogP contribution in [0.5, 0.6) is 0 Å². The van der Waals surface area contributed by atoms with E-state index in [0.717, 1.165) is 31.5 Å². The largest absolute Gasteiger partial charge is 0.345 e. The summed E-state index contributed by atoms with van der Waals surface area (Å²) in [4.78, 5) is 27.6. The van der Waals surface area contributed by atoms with Gasteiger partial charge >= 0.3 is 0 Å². The number of piperidine rings is 1. The van der Waals surface area contributed by atoms with E-state index in [1.807, 2.05) is 19.2 Å². The van der Waals surface area contributed by atoms with Crippen LogP contribution >= 0.6 is 0 Å². The molecule has 0 aromatic heterocycles. The average Bonchev–Trinajstić information content (AvgIpc) is 2.58. The van der Waals surface area contributed by atoms with Crippen LogP contribution in [0.2, 0.25) is 0 Å². The summed E-state index contributed by atoms with van der Waals surface area (Å²) in [7, 11) is 5.50. The van der Waals surface area contributed by atoms with Gasteiger partial charge in [-0.15, -0.1) is 0 Å². The normalized spacial score (nSPS) is 17.5. The van der Waals surface area contributed by atoms with E-state index < -0.39 is 0 Å². The standard InChI is InChI=1S/C19H25N3O2/c1-21(2)19(24)16-10-8-15(9-11-16)6-4-12-20-18(23)17-7-5-13-22(3)14-17/h8-11,17H,5,7,12-14H2,1-3H3,(H,20,23). The Hall–Kier alpha value is -2.32. The van der Waals surface area contributed by atoms with E-state index in [9.17, 15) is 9.59 Å². The van der Waals surface area contributed by atoms with Crippen molar-refractivity contribution in [2.45, 2.75) is 12.8 Å². The number of amides is 2. The molecule has 0 saturated carbocycles. The quantitative estimate of drug-likeness (QED) is 0.849. The minimum atomic E-state index is -0.0285. The van der Waals surface area contributed by atoms with Crippen LogP contribution in [0.15, 0.2) is 24.3 Å². The molecule has 1 aliphatic heterocycles. The molecule has 1 aromatic rings. The van der Waals surface area contributed by atoms with Crippen LogP contribution in [0, 0.1) is 17.8 Å². The average molecular weight is 327 g/mol. The van der Waals surface area contributed by atoms with E-state index in [1.54, 1.807) is 31.1 Å². The van der Waals surface area contributed by atoms with Gasteiger partial charge in [0.25, 0.3) is 5.91 Å². The molecule has 5 nitrogen and oxygen atoms in total. The predicted molar refractivity (Wildman–Crippen MR) is 94.6 cm³/mol. The summed E-state index contributed by atoms with van der Waals surface area (Å²) in [6.07, 6.45) is 2.02. The highest BCUT2D eigenvalue weighted by molar-refractivity contribution is 5.93. The molecule has 0 aliphatic carbocycles. The third-order valence-electron chi connectivity index (χ3n) is 4.12. The van der Waals surface area contributed by atoms with Crippen molar-refractivity contribution in [2.24, 2.45) is 5.92 Å². The minimum absolute atomic E-state index is 0.0285. The van der Waals surface area contributed by atoms with E-state index in [1.165, 1.54) is 0 Å². The Kier molecular flexibility index (Phi) is 6.39. The van der Waals surface area contributed by atoms with Crippen LogP contribution in [0.3, 0.4) is 0 Å². The Morgan fingerprint density at radius 2 is 2.00 bits per heavy atom. The summed E-state index contributed by atoms with van der Waals surface area (Å²) in [5, 5.41) is 2.89. The van der Waals surface area contributed by atoms with Crippen molar-refractivity contribution < 1.29 is 9.59 Å². The molecule has 24 heavy (non-hydrogen) atoms. The molecular weight excluding hydrogens is 302 g/mol. The van der Waals surface area contributed by atoms with Crippen molar-refractivity contribution in [3.05, 3.63) is 35.4 Å². The van der Waals surface area contributed by atoms with Crippen LogP contribution in [0.25, 0.3) is 0 Å². The first-order valence-electron chi connectivity index (χ1n) is 8.24. The molecule has 2 amide bonds. The second-order valence-electron chi connectivity index (χ2n) is 6.40. The lowest BCUT2D eigenvalue weighted by Crippen LogP contribution is -2.41. The fourth-order valence-electron chi connectivity index (χ4n) is 2.76. The van der Waals surface area contributed by atoms with Crippen molar-refractivity contribution >= 4 is 11.8 Å². The lowest BCUT2D eigenvalue weighted by molar-refractivity contribution is -0.126. The summed E-state index contributed by atoms with van der Waals surface area (Å²) in [5.74, 6) is 6.10. The van der Waals surface area contributed by atoms with Gasteiger partial charge in [0.05, 0.1) is 12.5 Å². The van der Waals surface area contributed by atoms with Gasteiger partial charge in [-0.25, -0.2) is 0 Å². The predicted octanol–water partition coefficient (Wildman–Crippen LogP) is 1.20. The molecule has 128 valence electrons. The third kappa shape index (κ3) is 5.10. The van der Waals surface area contributed by atoms with Gasteiger partial charge in [0.1, 0.15) is 0 Å². The first kappa shape index (κ1) is 18.0. The van der Waals surface area contributed by atoms with E-state index >= 15 is 0 Å². The fraction of sp³-hybridized carbons (Fsp3) is 0.474. The molecule has 1 N–H and O–H groups in total. The van der Waals surface area contributed by atoms with E-state index in [0.29, 0.717) is 12.1 Å². The Balaban J connectivity index is 1.82. The third-order valence-corrected chi connectivity index (χ3v) is 4.12. The highest BCUT2D eigenvalue weighted by Gasteiger charge is 2.23. The Labute approximate surface area is 144 Å². The molecular formula is C19H25N3O2. The molecule has 1 unspecified atom stereocenters. The summed E-state index contributed by atoms with van der Waals surface area (Å²) in [6, 6.07) is 7.18. The first-order chi connectivity index (χ1) is 11.5. The molecule has 1 atom stereocenters. The zero-order chi connectivity index (χ0) is 17.5. The SMILES string of the molecule is CN1CCCC(C(=O)NCC#Cc2ccc(C(=O)N(C)C)cc2)C1. The summed E-state index contributed by atoms with van der Waals surface area (Å²) in [5.41, 5.74) is 1.47. The number of hydrogen-bond acceptors (Lipinski definition) is 3. The van der Waals surface area contributed by atoms with Crippen LogP contribution in [-0.2, 0) is 4.79 Å². The molecule has 2 rings (SSSR count). The van der Waals surface area contributed by atoms with Crippen LogP contribution in [0.1, 0.15) is 28.8 Å². The molecule has 1 fully saturated rings. The highest BCUT2D eigenvalue weighted by atomic mass is 16.2. The maximum atomic E-state index is 12.1. The van der Waals surface area contributed by atoms with Crippen molar-refractivity contribution in [3.8, 4) is 11.8 Å². The molecule has 0 bridgehead atoms. The smallest absolute Gasteiger partial charge is 0.253 e. The monoisotopic (exact) mass is 327 g/mol. The van der Waals surface area contributed by atoms with Crippen LogP contribution in [0.4, 0.5) is 0 Å². The van der Waals surface area contributed by atoms with Crippen LogP contribution < -0.4 is 5.32 Å². The zero-order valence-corrected chi connectivity index (χ0v) is 14.6. The maximum Gasteiger partial charge on any atom is 0.253 e. The molecule has 1 heterocycles. The lowest BCUT2D eigenvalue weighted by Gasteiger charge is -2.28. The maximum absolute atomic E-state index is 12.1. The van der Waals surface area contributed by atoms with Crippen molar-refractivity contribution in [1.29, 1.82) is 0 Å².